The molecule has 0 saturated carbocycles. The number of anilines is 1. The van der Waals surface area contributed by atoms with E-state index in [1.807, 2.05) is 26.8 Å². The van der Waals surface area contributed by atoms with E-state index in [0.717, 1.165) is 10.3 Å². The van der Waals surface area contributed by atoms with E-state index in [4.69, 9.17) is 16.3 Å². The lowest BCUT2D eigenvalue weighted by Crippen LogP contribution is -2.54. The first kappa shape index (κ1) is 17.3. The van der Waals surface area contributed by atoms with Crippen LogP contribution in [-0.2, 0) is 4.74 Å². The molecule has 0 radical (unpaired) electrons. The van der Waals surface area contributed by atoms with Crippen molar-refractivity contribution in [3.8, 4) is 0 Å². The van der Waals surface area contributed by atoms with Crippen molar-refractivity contribution < 1.29 is 9.53 Å². The number of pyridine rings is 1. The smallest absolute Gasteiger partial charge is 0.410 e. The van der Waals surface area contributed by atoms with Gasteiger partial charge < -0.3 is 14.5 Å². The van der Waals surface area contributed by atoms with E-state index in [0.29, 0.717) is 24.7 Å². The quantitative estimate of drug-likeness (QED) is 0.728. The molecule has 2 rings (SSSR count). The third-order valence-corrected chi connectivity index (χ3v) is 4.13. The van der Waals surface area contributed by atoms with E-state index < -0.39 is 5.60 Å². The van der Waals surface area contributed by atoms with Crippen LogP contribution < -0.4 is 4.90 Å². The highest BCUT2D eigenvalue weighted by Gasteiger charge is 2.31. The first-order valence-corrected chi connectivity index (χ1v) is 8.40. The van der Waals surface area contributed by atoms with Crippen LogP contribution in [0.25, 0.3) is 0 Å². The van der Waals surface area contributed by atoms with E-state index in [2.05, 4.69) is 32.7 Å². The second kappa shape index (κ2) is 6.62. The molecule has 0 aliphatic carbocycles. The molecule has 1 aliphatic heterocycles. The van der Waals surface area contributed by atoms with Gasteiger partial charge in [0.2, 0.25) is 0 Å². The molecule has 1 unspecified atom stereocenters. The minimum Gasteiger partial charge on any atom is -0.444 e. The van der Waals surface area contributed by atoms with E-state index in [9.17, 15) is 4.79 Å². The van der Waals surface area contributed by atoms with Crippen molar-refractivity contribution in [3.63, 3.8) is 0 Å². The van der Waals surface area contributed by atoms with Crippen LogP contribution in [0.2, 0.25) is 5.02 Å². The zero-order chi connectivity index (χ0) is 16.5. The van der Waals surface area contributed by atoms with Crippen molar-refractivity contribution in [1.29, 1.82) is 0 Å². The van der Waals surface area contributed by atoms with Gasteiger partial charge in [-0.25, -0.2) is 9.78 Å². The Kier molecular flexibility index (Phi) is 5.22. The Morgan fingerprint density at radius 2 is 2.14 bits per heavy atom. The fraction of sp³-hybridized carbons (Fsp3) is 0.600. The fourth-order valence-corrected chi connectivity index (χ4v) is 3.25. The summed E-state index contributed by atoms with van der Waals surface area (Å²) in [6.07, 6.45) is 1.37. The van der Waals surface area contributed by atoms with Gasteiger partial charge in [-0.1, -0.05) is 11.6 Å². The molecule has 122 valence electrons. The Morgan fingerprint density at radius 1 is 1.45 bits per heavy atom. The molecule has 1 saturated heterocycles. The normalized spacial score (nSPS) is 19.3. The van der Waals surface area contributed by atoms with Gasteiger partial charge >= 0.3 is 6.09 Å². The molecule has 1 aromatic heterocycles. The lowest BCUT2D eigenvalue weighted by Gasteiger charge is -2.41. The maximum Gasteiger partial charge on any atom is 0.410 e. The zero-order valence-corrected chi connectivity index (χ0v) is 15.6. The van der Waals surface area contributed by atoms with E-state index >= 15 is 0 Å². The number of hydrogen-bond acceptors (Lipinski definition) is 4. The molecule has 5 nitrogen and oxygen atoms in total. The van der Waals surface area contributed by atoms with Gasteiger partial charge in [0.1, 0.15) is 11.4 Å². The highest BCUT2D eigenvalue weighted by Crippen LogP contribution is 2.29. The summed E-state index contributed by atoms with van der Waals surface area (Å²) >= 11 is 9.44. The summed E-state index contributed by atoms with van der Waals surface area (Å²) in [5.74, 6) is 0.848. The number of rotatable bonds is 1. The molecule has 1 fully saturated rings. The first-order valence-electron chi connectivity index (χ1n) is 7.23. The van der Waals surface area contributed by atoms with Gasteiger partial charge in [-0.15, -0.1) is 0 Å². The highest BCUT2D eigenvalue weighted by atomic mass is 79.9. The number of hydrogen-bond donors (Lipinski definition) is 0. The lowest BCUT2D eigenvalue weighted by atomic mass is 10.2. The summed E-state index contributed by atoms with van der Waals surface area (Å²) in [6.45, 7) is 9.60. The van der Waals surface area contributed by atoms with Crippen LogP contribution in [-0.4, -0.2) is 47.3 Å². The summed E-state index contributed by atoms with van der Waals surface area (Å²) in [7, 11) is 0. The predicted octanol–water partition coefficient (Wildman–Crippen LogP) is 3.94. The Hall–Kier alpha value is -1.01. The minimum absolute atomic E-state index is 0.145. The highest BCUT2D eigenvalue weighted by molar-refractivity contribution is 9.10. The predicted molar refractivity (Wildman–Crippen MR) is 91.6 cm³/mol. The summed E-state index contributed by atoms with van der Waals surface area (Å²) < 4.78 is 6.29. The molecule has 2 heterocycles. The molecule has 7 heteroatoms. The Morgan fingerprint density at radius 3 is 2.68 bits per heavy atom. The van der Waals surface area contributed by atoms with Gasteiger partial charge in [0.05, 0.1) is 9.50 Å². The molecule has 0 spiro atoms. The van der Waals surface area contributed by atoms with Crippen LogP contribution in [0, 0.1) is 0 Å². The molecule has 0 N–H and O–H groups in total. The molecular formula is C15H21BrClN3O2. The van der Waals surface area contributed by atoms with Crippen molar-refractivity contribution in [3.05, 3.63) is 21.8 Å². The second-order valence-electron chi connectivity index (χ2n) is 6.43. The van der Waals surface area contributed by atoms with E-state index in [1.54, 1.807) is 11.1 Å². The van der Waals surface area contributed by atoms with Crippen molar-refractivity contribution in [2.75, 3.05) is 24.5 Å². The van der Waals surface area contributed by atoms with Crippen molar-refractivity contribution in [2.45, 2.75) is 39.3 Å². The van der Waals surface area contributed by atoms with Crippen molar-refractivity contribution >= 4 is 39.4 Å². The molecular weight excluding hydrogens is 370 g/mol. The molecule has 1 atom stereocenters. The van der Waals surface area contributed by atoms with Gasteiger partial charge in [0.25, 0.3) is 0 Å². The summed E-state index contributed by atoms with van der Waals surface area (Å²) in [6, 6.07) is 1.97. The number of carbonyl (C=O) groups is 1. The number of piperazine rings is 1. The lowest BCUT2D eigenvalue weighted by molar-refractivity contribution is 0.0218. The fourth-order valence-electron chi connectivity index (χ4n) is 2.38. The monoisotopic (exact) mass is 389 g/mol. The topological polar surface area (TPSA) is 45.7 Å². The number of carbonyl (C=O) groups excluding carboxylic acids is 1. The van der Waals surface area contributed by atoms with Gasteiger partial charge in [0, 0.05) is 31.9 Å². The minimum atomic E-state index is -0.474. The van der Waals surface area contributed by atoms with Crippen LogP contribution in [0.5, 0.6) is 0 Å². The largest absolute Gasteiger partial charge is 0.444 e. The molecule has 0 aromatic carbocycles. The first-order chi connectivity index (χ1) is 10.2. The third-order valence-electron chi connectivity index (χ3n) is 3.34. The Balaban J connectivity index is 2.05. The maximum absolute atomic E-state index is 12.2. The number of aromatic nitrogens is 1. The Labute approximate surface area is 144 Å². The van der Waals surface area contributed by atoms with Crippen LogP contribution in [0.3, 0.4) is 0 Å². The van der Waals surface area contributed by atoms with Crippen LogP contribution in [0.15, 0.2) is 16.7 Å². The van der Waals surface area contributed by atoms with Gasteiger partial charge in [-0.05, 0) is 49.7 Å². The summed E-state index contributed by atoms with van der Waals surface area (Å²) in [5.41, 5.74) is -0.474. The van der Waals surface area contributed by atoms with Gasteiger partial charge in [-0.2, -0.15) is 0 Å². The van der Waals surface area contributed by atoms with Gasteiger partial charge in [-0.3, -0.25) is 0 Å². The van der Waals surface area contributed by atoms with Crippen LogP contribution in [0.1, 0.15) is 27.7 Å². The summed E-state index contributed by atoms with van der Waals surface area (Å²) in [5, 5.41) is 0.593. The van der Waals surface area contributed by atoms with Crippen LogP contribution in [0.4, 0.5) is 10.6 Å². The molecule has 22 heavy (non-hydrogen) atoms. The maximum atomic E-state index is 12.2. The molecule has 1 amide bonds. The third kappa shape index (κ3) is 4.26. The van der Waals surface area contributed by atoms with E-state index in [1.165, 1.54) is 0 Å². The van der Waals surface area contributed by atoms with Gasteiger partial charge in [0.15, 0.2) is 0 Å². The summed E-state index contributed by atoms with van der Waals surface area (Å²) in [4.78, 5) is 20.5. The molecule has 1 aromatic rings. The zero-order valence-electron chi connectivity index (χ0n) is 13.3. The average molecular weight is 391 g/mol. The number of halogens is 2. The number of ether oxygens (including phenoxy) is 1. The van der Waals surface area contributed by atoms with Crippen molar-refractivity contribution in [1.82, 2.24) is 9.88 Å². The molecule has 0 bridgehead atoms. The second-order valence-corrected chi connectivity index (χ2v) is 7.72. The van der Waals surface area contributed by atoms with E-state index in [-0.39, 0.29) is 12.1 Å². The van der Waals surface area contributed by atoms with Crippen LogP contribution >= 0.6 is 27.5 Å². The average Bonchev–Trinajstić information content (AvgIpc) is 2.37. The Bertz CT molecular complexity index is 562. The van der Waals surface area contributed by atoms with Crippen molar-refractivity contribution in [2.24, 2.45) is 0 Å². The number of nitrogens with zero attached hydrogens (tertiary/aromatic N) is 3. The molecule has 1 aliphatic rings. The standard InChI is InChI=1S/C15H21BrClN3O2/c1-10-9-19(14(21)22-15(2,3)4)5-6-20(10)13-12(16)7-11(17)8-18-13/h7-8,10H,5-6,9H2,1-4H3. The number of amides is 1. The SMILES string of the molecule is CC1CN(C(=O)OC(C)(C)C)CCN1c1ncc(Cl)cc1Br.